The fourth-order valence-corrected chi connectivity index (χ4v) is 9.54. The molecule has 0 saturated carbocycles. The maximum absolute atomic E-state index is 14.5. The number of amides is 2. The first-order valence-corrected chi connectivity index (χ1v) is 23.5. The second kappa shape index (κ2) is 24.2. The predicted molar refractivity (Wildman–Crippen MR) is 232 cm³/mol. The van der Waals surface area contributed by atoms with Gasteiger partial charge in [-0.3, -0.25) is 24.0 Å². The maximum Gasteiger partial charge on any atom is 0.227 e. The number of hydrogen-bond donors (Lipinski definition) is 4. The highest BCUT2D eigenvalue weighted by Gasteiger charge is 2.37. The monoisotopic (exact) mass is 839 g/mol. The summed E-state index contributed by atoms with van der Waals surface area (Å²) in [5.74, 6) is -5.48. The van der Waals surface area contributed by atoms with Gasteiger partial charge in [0.1, 0.15) is 23.3 Å². The van der Waals surface area contributed by atoms with Crippen LogP contribution in [0.15, 0.2) is 36.4 Å². The lowest BCUT2D eigenvalue weighted by Gasteiger charge is -2.32. The fourth-order valence-electron chi connectivity index (χ4n) is 7.81. The molecule has 1 aliphatic rings. The molecule has 0 radical (unpaired) electrons. The number of nitrogens with one attached hydrogen (secondary N) is 1. The van der Waals surface area contributed by atoms with Crippen LogP contribution in [-0.4, -0.2) is 83.8 Å². The minimum atomic E-state index is -3.65. The number of phenols is 2. The van der Waals surface area contributed by atoms with Crippen molar-refractivity contribution in [2.45, 2.75) is 143 Å². The Morgan fingerprint density at radius 2 is 1.46 bits per heavy atom. The Balaban J connectivity index is 1.95. The second-order valence-corrected chi connectivity index (χ2v) is 19.0. The highest BCUT2D eigenvalue weighted by Crippen LogP contribution is 2.39. The number of Topliss-reactive ketones (excluding diaryl/α,β-unsaturated/α-hetero) is 3. The molecule has 5 N–H and O–H groups in total. The highest BCUT2D eigenvalue weighted by atomic mass is 32.2. The molecule has 1 heterocycles. The van der Waals surface area contributed by atoms with E-state index in [-0.39, 0.29) is 71.4 Å². The Bertz CT molecular complexity index is 1850. The molecule has 0 unspecified atom stereocenters. The van der Waals surface area contributed by atoms with Crippen LogP contribution >= 0.6 is 0 Å². The van der Waals surface area contributed by atoms with E-state index in [1.807, 2.05) is 0 Å². The van der Waals surface area contributed by atoms with Crippen LogP contribution in [0, 0.1) is 17.8 Å². The summed E-state index contributed by atoms with van der Waals surface area (Å²) in [6.45, 7) is 7.14. The predicted octanol–water partition coefficient (Wildman–Crippen LogP) is 7.17. The molecule has 59 heavy (non-hydrogen) atoms. The van der Waals surface area contributed by atoms with Crippen molar-refractivity contribution in [1.29, 1.82) is 0 Å². The molecule has 13 heteroatoms. The quantitative estimate of drug-likeness (QED) is 0.0832. The van der Waals surface area contributed by atoms with Crippen molar-refractivity contribution in [3.05, 3.63) is 47.5 Å². The molecule has 0 spiro atoms. The Morgan fingerprint density at radius 3 is 2.07 bits per heavy atom. The molecular weight excluding hydrogens is 771 g/mol. The number of benzene rings is 2. The normalized spacial score (nSPS) is 18.4. The number of rotatable bonds is 23. The molecule has 0 aliphatic carbocycles. The zero-order chi connectivity index (χ0) is 43.7. The number of likely N-dealkylation sites (N-methyl/N-ethyl adjacent to an activating group) is 1. The van der Waals surface area contributed by atoms with Crippen LogP contribution in [0.3, 0.4) is 0 Å². The molecule has 5 atom stereocenters. The van der Waals surface area contributed by atoms with Crippen molar-refractivity contribution in [2.24, 2.45) is 23.5 Å². The molecule has 3 rings (SSSR count). The number of ketones is 3. The zero-order valence-corrected chi connectivity index (χ0v) is 36.8. The van der Waals surface area contributed by atoms with Crippen LogP contribution in [-0.2, 0) is 40.2 Å². The minimum Gasteiger partial charge on any atom is -0.507 e. The first kappa shape index (κ1) is 49.3. The van der Waals surface area contributed by atoms with Crippen LogP contribution in [0.5, 0.6) is 11.5 Å². The van der Waals surface area contributed by atoms with Crippen molar-refractivity contribution < 1.29 is 42.6 Å². The Labute approximate surface area is 352 Å². The minimum absolute atomic E-state index is 0.0249. The van der Waals surface area contributed by atoms with Gasteiger partial charge >= 0.3 is 0 Å². The van der Waals surface area contributed by atoms with E-state index in [0.717, 1.165) is 25.7 Å². The number of fused-ring (bicyclic) bond motifs is 5. The van der Waals surface area contributed by atoms with E-state index < -0.39 is 57.3 Å². The van der Waals surface area contributed by atoms with E-state index in [1.54, 1.807) is 26.0 Å². The maximum atomic E-state index is 14.5. The molecule has 328 valence electrons. The van der Waals surface area contributed by atoms with Crippen molar-refractivity contribution in [3.8, 4) is 22.6 Å². The van der Waals surface area contributed by atoms with Gasteiger partial charge in [-0.15, -0.1) is 0 Å². The lowest BCUT2D eigenvalue weighted by molar-refractivity contribution is -0.142. The smallest absolute Gasteiger partial charge is 0.227 e. The van der Waals surface area contributed by atoms with Gasteiger partial charge in [-0.05, 0) is 74.5 Å². The third kappa shape index (κ3) is 15.5. The second-order valence-electron chi connectivity index (χ2n) is 16.8. The molecule has 2 aromatic carbocycles. The summed E-state index contributed by atoms with van der Waals surface area (Å²) in [7, 11) is -2.20. The Kier molecular flexibility index (Phi) is 20.2. The first-order chi connectivity index (χ1) is 28.0. The number of unbranched alkanes of at least 4 members (excludes halogenated alkanes) is 10. The van der Waals surface area contributed by atoms with Gasteiger partial charge in [-0.1, -0.05) is 97.1 Å². The number of nitrogens with zero attached hydrogens (tertiary/aromatic N) is 1. The number of sulfone groups is 1. The van der Waals surface area contributed by atoms with Gasteiger partial charge in [0.15, 0.2) is 21.4 Å². The van der Waals surface area contributed by atoms with Crippen molar-refractivity contribution in [3.63, 3.8) is 0 Å². The SMILES string of the molecule is CCCCCCCCCCCCS(=O)(=O)C[C@@H](CCCCN)C(=O)N(C)[C@@H]1C(=O)C[C@@H](C)C(=O)N[C@H](C(=O)C[C@@H](C)C(C)=O)Cc2ccc(O)c(c2)-c2cc1ccc2O. The molecule has 0 aromatic heterocycles. The van der Waals surface area contributed by atoms with E-state index in [4.69, 9.17) is 5.73 Å². The number of carbonyl (C=O) groups excluding carboxylic acids is 5. The van der Waals surface area contributed by atoms with Crippen molar-refractivity contribution in [1.82, 2.24) is 10.2 Å². The summed E-state index contributed by atoms with van der Waals surface area (Å²) < 4.78 is 27.1. The summed E-state index contributed by atoms with van der Waals surface area (Å²) in [6.07, 6.45) is 11.5. The molecule has 0 fully saturated rings. The molecule has 1 aliphatic heterocycles. The summed E-state index contributed by atoms with van der Waals surface area (Å²) in [5.41, 5.74) is 6.98. The summed E-state index contributed by atoms with van der Waals surface area (Å²) in [4.78, 5) is 69.4. The molecule has 4 bridgehead atoms. The molecule has 0 saturated heterocycles. The lowest BCUT2D eigenvalue weighted by Crippen LogP contribution is -2.46. The molecule has 12 nitrogen and oxygen atoms in total. The van der Waals surface area contributed by atoms with Crippen LogP contribution in [0.25, 0.3) is 11.1 Å². The van der Waals surface area contributed by atoms with E-state index in [2.05, 4.69) is 12.2 Å². The zero-order valence-electron chi connectivity index (χ0n) is 36.0. The van der Waals surface area contributed by atoms with Gasteiger partial charge in [-0.25, -0.2) is 8.42 Å². The van der Waals surface area contributed by atoms with E-state index in [0.29, 0.717) is 36.9 Å². The van der Waals surface area contributed by atoms with E-state index >= 15 is 0 Å². The van der Waals surface area contributed by atoms with Crippen molar-refractivity contribution >= 4 is 39.0 Å². The van der Waals surface area contributed by atoms with Crippen LogP contribution in [0.1, 0.15) is 141 Å². The first-order valence-electron chi connectivity index (χ1n) is 21.7. The highest BCUT2D eigenvalue weighted by molar-refractivity contribution is 7.91. The third-order valence-electron chi connectivity index (χ3n) is 11.6. The molecule has 2 amide bonds. The topological polar surface area (TPSA) is 201 Å². The Morgan fingerprint density at radius 1 is 0.864 bits per heavy atom. The summed E-state index contributed by atoms with van der Waals surface area (Å²) >= 11 is 0. The number of carbonyl (C=O) groups is 5. The number of hydrogen-bond acceptors (Lipinski definition) is 10. The number of nitrogens with two attached hydrogens (primary N) is 1. The Hall–Kier alpha value is -4.10. The van der Waals surface area contributed by atoms with E-state index in [9.17, 15) is 42.6 Å². The number of aromatic hydroxyl groups is 2. The van der Waals surface area contributed by atoms with Gasteiger partial charge in [-0.2, -0.15) is 0 Å². The van der Waals surface area contributed by atoms with Gasteiger partial charge < -0.3 is 26.2 Å². The molecular formula is C46H69N3O9S. The van der Waals surface area contributed by atoms with Crippen LogP contribution in [0.2, 0.25) is 0 Å². The summed E-state index contributed by atoms with van der Waals surface area (Å²) in [6, 6.07) is 6.63. The van der Waals surface area contributed by atoms with Gasteiger partial charge in [0, 0.05) is 42.9 Å². The van der Waals surface area contributed by atoms with Gasteiger partial charge in [0.2, 0.25) is 11.8 Å². The third-order valence-corrected chi connectivity index (χ3v) is 13.5. The average molecular weight is 840 g/mol. The fraction of sp³-hybridized carbons (Fsp3) is 0.630. The van der Waals surface area contributed by atoms with Crippen molar-refractivity contribution in [2.75, 3.05) is 25.1 Å². The van der Waals surface area contributed by atoms with Gasteiger partial charge in [0.05, 0.1) is 23.5 Å². The standard InChI is InChI=1S/C46H69N3O9S/c1-6-7-8-9-10-11-12-13-14-17-24-59(57,58)30-36(18-15-16-23-47)46(56)49(5)44-35-20-22-41(52)38(29-35)37-27-34(19-21-40(37)51)28-39(42(53)25-31(2)33(4)50)48-45(55)32(3)26-43(44)54/h19-22,27,29,31-32,36,39,44,51-52H,6-18,23-26,28,30,47H2,1-5H3,(H,48,55)/t31-,32-,36-,39+,44+/m1/s1. The number of phenolic OH excluding ortho intramolecular Hbond substituents is 2. The summed E-state index contributed by atoms with van der Waals surface area (Å²) in [5, 5.41) is 24.9. The molecule has 2 aromatic rings. The van der Waals surface area contributed by atoms with Crippen LogP contribution in [0.4, 0.5) is 0 Å². The lowest BCUT2D eigenvalue weighted by atomic mass is 9.88. The van der Waals surface area contributed by atoms with E-state index in [1.165, 1.54) is 75.2 Å². The van der Waals surface area contributed by atoms with Gasteiger partial charge in [0.25, 0.3) is 0 Å². The van der Waals surface area contributed by atoms with Crippen LogP contribution < -0.4 is 11.1 Å². The average Bonchev–Trinajstić information content (AvgIpc) is 3.18. The largest absolute Gasteiger partial charge is 0.507 e.